The van der Waals surface area contributed by atoms with E-state index in [2.05, 4.69) is 6.58 Å². The van der Waals surface area contributed by atoms with Crippen molar-refractivity contribution in [2.24, 2.45) is 0 Å². The van der Waals surface area contributed by atoms with Crippen LogP contribution >= 0.6 is 0 Å². The lowest BCUT2D eigenvalue weighted by Gasteiger charge is -2.24. The molecule has 2 aromatic heterocycles. The Morgan fingerprint density at radius 1 is 0.562 bits per heavy atom. The lowest BCUT2D eigenvalue weighted by molar-refractivity contribution is 0.104. The number of carbonyl (C=O) groups excluding carboxylic acids is 1. The number of carbonyl (C=O) groups is 1. The molecule has 7 rings (SSSR count). The van der Waals surface area contributed by atoms with Crippen LogP contribution in [0.4, 0.5) is 0 Å². The summed E-state index contributed by atoms with van der Waals surface area (Å²) in [6.45, 7) is 3.92. The number of Topliss-reactive ketones (excluding diaryl/α,β-unsaturated/α-hetero) is 1. The smallest absolute Gasteiger partial charge is 0.190 e. The molecule has 0 spiro atoms. The van der Waals surface area contributed by atoms with Gasteiger partial charge in [-0.3, -0.25) is 4.79 Å². The molecule has 0 aliphatic rings. The third-order valence-corrected chi connectivity index (χ3v) is 8.68. The minimum Gasteiger partial charge on any atom is -0.455 e. The fourth-order valence-electron chi connectivity index (χ4n) is 6.28. The van der Waals surface area contributed by atoms with Crippen molar-refractivity contribution in [3.63, 3.8) is 0 Å². The molecular formula is C37H16B8O3. The second kappa shape index (κ2) is 12.0. The maximum absolute atomic E-state index is 14.0. The molecule has 0 bridgehead atoms. The zero-order valence-corrected chi connectivity index (χ0v) is 25.6. The molecule has 11 heteroatoms. The van der Waals surface area contributed by atoms with E-state index in [9.17, 15) is 4.79 Å². The molecule has 3 nitrogen and oxygen atoms in total. The number of ketones is 1. The second-order valence-electron chi connectivity index (χ2n) is 11.4. The highest BCUT2D eigenvalue weighted by molar-refractivity contribution is 6.63. The number of benzene rings is 5. The van der Waals surface area contributed by atoms with Crippen LogP contribution in [0.3, 0.4) is 0 Å². The zero-order valence-electron chi connectivity index (χ0n) is 25.6. The van der Waals surface area contributed by atoms with Gasteiger partial charge >= 0.3 is 0 Å². The SMILES string of the molecule is [B]C([B])=C(/C([B])=C(/[B])C(=C)C(=O)c1c([B])c([B])c(-c2cccc3c2oc2ccccc23)c([B])c1[B])c1cccc2c1oc1ccccc12. The predicted octanol–water partition coefficient (Wildman–Crippen LogP) is 3.32. The lowest BCUT2D eigenvalue weighted by atomic mass is 9.61. The molecular weight excluding hydrogens is 579 g/mol. The molecule has 0 saturated carbocycles. The van der Waals surface area contributed by atoms with E-state index in [1.165, 1.54) is 0 Å². The van der Waals surface area contributed by atoms with E-state index in [1.54, 1.807) is 12.1 Å². The Morgan fingerprint density at radius 2 is 1.06 bits per heavy atom. The first-order chi connectivity index (χ1) is 23.0. The summed E-state index contributed by atoms with van der Waals surface area (Å²) in [4.78, 5) is 14.0. The summed E-state index contributed by atoms with van der Waals surface area (Å²) >= 11 is 0. The molecule has 48 heavy (non-hydrogen) atoms. The number of para-hydroxylation sites is 4. The van der Waals surface area contributed by atoms with Crippen LogP contribution in [0.1, 0.15) is 15.9 Å². The quantitative estimate of drug-likeness (QED) is 0.128. The number of allylic oxidation sites excluding steroid dienone is 4. The standard InChI is InChI=1S/C37H16B8O3/c1-16(28(38)31(41)26(37(44)45)22-13-7-11-20-18-9-3-5-15-24(18)48-36(20)22)34(46)27-32(42)29(39)25(30(40)33(27)43)21-12-6-10-19-17-8-2-4-14-23(17)47-35(19)21/h2-15H,1H2/b31-28-. The van der Waals surface area contributed by atoms with E-state index in [-0.39, 0.29) is 54.9 Å². The van der Waals surface area contributed by atoms with Gasteiger partial charge < -0.3 is 8.83 Å². The molecule has 0 fully saturated rings. The fraction of sp³-hybridized carbons (Fsp3) is 0. The summed E-state index contributed by atoms with van der Waals surface area (Å²) in [6.07, 6.45) is 0. The van der Waals surface area contributed by atoms with E-state index >= 15 is 0 Å². The Labute approximate surface area is 288 Å². The van der Waals surface area contributed by atoms with Crippen molar-refractivity contribution >= 4 is 140 Å². The summed E-state index contributed by atoms with van der Waals surface area (Å²) in [5, 5.41) is 3.31. The highest BCUT2D eigenvalue weighted by atomic mass is 16.3. The van der Waals surface area contributed by atoms with Crippen LogP contribution in [0.25, 0.3) is 60.6 Å². The van der Waals surface area contributed by atoms with E-state index < -0.39 is 5.78 Å². The molecule has 5 aromatic carbocycles. The fourth-order valence-corrected chi connectivity index (χ4v) is 6.28. The van der Waals surface area contributed by atoms with Gasteiger partial charge in [-0.25, -0.2) is 0 Å². The van der Waals surface area contributed by atoms with Gasteiger partial charge in [0.05, 0.1) is 15.7 Å². The van der Waals surface area contributed by atoms with Crippen LogP contribution in [0, 0.1) is 0 Å². The van der Waals surface area contributed by atoms with Gasteiger partial charge in [0.15, 0.2) is 5.78 Å². The monoisotopic (exact) mass is 596 g/mol. The van der Waals surface area contributed by atoms with Crippen molar-refractivity contribution in [3.8, 4) is 11.1 Å². The minimum atomic E-state index is -0.741. The summed E-state index contributed by atoms with van der Waals surface area (Å²) in [5.74, 6) is -0.741. The molecule has 0 aliphatic heterocycles. The van der Waals surface area contributed by atoms with Crippen molar-refractivity contribution < 1.29 is 13.6 Å². The van der Waals surface area contributed by atoms with E-state index in [1.807, 2.05) is 72.8 Å². The molecule has 0 amide bonds. The number of hydrogen-bond acceptors (Lipinski definition) is 3. The van der Waals surface area contributed by atoms with Crippen LogP contribution in [0.5, 0.6) is 0 Å². The van der Waals surface area contributed by atoms with E-state index in [4.69, 9.17) is 71.6 Å². The summed E-state index contributed by atoms with van der Waals surface area (Å²) < 4.78 is 12.3. The molecule has 0 N–H and O–H groups in total. The topological polar surface area (TPSA) is 43.4 Å². The first-order valence-electron chi connectivity index (χ1n) is 14.8. The van der Waals surface area contributed by atoms with Crippen LogP contribution in [-0.2, 0) is 0 Å². The summed E-state index contributed by atoms with van der Waals surface area (Å²) in [6, 6.07) is 26.2. The van der Waals surface area contributed by atoms with Gasteiger partial charge in [0.2, 0.25) is 0 Å². The Balaban J connectivity index is 1.32. The van der Waals surface area contributed by atoms with Gasteiger partial charge in [0.1, 0.15) is 69.4 Å². The number of rotatable bonds is 6. The first kappa shape index (κ1) is 31.7. The van der Waals surface area contributed by atoms with Crippen molar-refractivity contribution in [1.82, 2.24) is 0 Å². The Morgan fingerprint density at radius 3 is 1.65 bits per heavy atom. The number of hydrogen-bond donors (Lipinski definition) is 0. The maximum atomic E-state index is 14.0. The molecule has 0 unspecified atom stereocenters. The van der Waals surface area contributed by atoms with Crippen molar-refractivity contribution in [2.45, 2.75) is 0 Å². The summed E-state index contributed by atoms with van der Waals surface area (Å²) in [7, 11) is 51.6. The van der Waals surface area contributed by atoms with Crippen LogP contribution < -0.4 is 21.9 Å². The van der Waals surface area contributed by atoms with Gasteiger partial charge in [-0.2, -0.15) is 5.37 Å². The van der Waals surface area contributed by atoms with Gasteiger partial charge in [0, 0.05) is 43.8 Å². The molecule has 7 aromatic rings. The van der Waals surface area contributed by atoms with Gasteiger partial charge in [-0.05, 0) is 23.3 Å². The predicted molar refractivity (Wildman–Crippen MR) is 205 cm³/mol. The minimum absolute atomic E-state index is 0.0321. The molecule has 0 atom stereocenters. The Bertz CT molecular complexity index is 2560. The highest BCUT2D eigenvalue weighted by Gasteiger charge is 2.24. The van der Waals surface area contributed by atoms with Gasteiger partial charge in [0.25, 0.3) is 0 Å². The number of fused-ring (bicyclic) bond motifs is 6. The average Bonchev–Trinajstić information content (AvgIpc) is 3.66. The second-order valence-corrected chi connectivity index (χ2v) is 11.4. The van der Waals surface area contributed by atoms with Crippen molar-refractivity contribution in [1.29, 1.82) is 0 Å². The van der Waals surface area contributed by atoms with Gasteiger partial charge in [-0.1, -0.05) is 112 Å². The first-order valence-corrected chi connectivity index (χ1v) is 14.8. The summed E-state index contributed by atoms with van der Waals surface area (Å²) in [5.41, 5.74) is 3.04. The van der Waals surface area contributed by atoms with Crippen molar-refractivity contribution in [3.05, 3.63) is 125 Å². The Kier molecular flexibility index (Phi) is 7.90. The molecule has 2 heterocycles. The highest BCUT2D eigenvalue weighted by Crippen LogP contribution is 2.38. The van der Waals surface area contributed by atoms with Crippen molar-refractivity contribution in [2.75, 3.05) is 0 Å². The molecule has 206 valence electrons. The normalized spacial score (nSPS) is 12.1. The van der Waals surface area contributed by atoms with Crippen LogP contribution in [0.15, 0.2) is 122 Å². The molecule has 0 saturated heterocycles. The largest absolute Gasteiger partial charge is 0.455 e. The van der Waals surface area contributed by atoms with Crippen LogP contribution in [0.2, 0.25) is 0 Å². The molecule has 0 aliphatic carbocycles. The lowest BCUT2D eigenvalue weighted by Crippen LogP contribution is -2.47. The maximum Gasteiger partial charge on any atom is 0.190 e. The average molecular weight is 595 g/mol. The Hall–Kier alpha value is -4.89. The van der Waals surface area contributed by atoms with Gasteiger partial charge in [-0.15, -0.1) is 0 Å². The van der Waals surface area contributed by atoms with Crippen LogP contribution in [-0.4, -0.2) is 68.6 Å². The van der Waals surface area contributed by atoms with E-state index in [0.29, 0.717) is 39.0 Å². The van der Waals surface area contributed by atoms with E-state index in [0.717, 1.165) is 21.5 Å². The zero-order chi connectivity index (χ0) is 34.0. The molecule has 16 radical (unpaired) electrons. The number of furan rings is 2. The third-order valence-electron chi connectivity index (χ3n) is 8.68. The third kappa shape index (κ3) is 4.82.